The van der Waals surface area contributed by atoms with Gasteiger partial charge in [0.25, 0.3) is 0 Å². The van der Waals surface area contributed by atoms with Crippen LogP contribution in [0.25, 0.3) is 0 Å². The highest BCUT2D eigenvalue weighted by atomic mass is 16.5. The van der Waals surface area contributed by atoms with Crippen molar-refractivity contribution in [3.05, 3.63) is 24.7 Å². The Hall–Kier alpha value is -1.45. The molecule has 0 unspecified atom stereocenters. The minimum absolute atomic E-state index is 0.0323. The van der Waals surface area contributed by atoms with Gasteiger partial charge in [0, 0.05) is 0 Å². The fourth-order valence-corrected chi connectivity index (χ4v) is 0.676. The van der Waals surface area contributed by atoms with Crippen LogP contribution in [0.4, 0.5) is 0 Å². The zero-order valence-corrected chi connectivity index (χ0v) is 7.66. The van der Waals surface area contributed by atoms with Crippen molar-refractivity contribution in [2.24, 2.45) is 0 Å². The second kappa shape index (κ2) is 7.21. The molecule has 4 nitrogen and oxygen atoms in total. The third kappa shape index (κ3) is 5.78. The van der Waals surface area contributed by atoms with Crippen molar-refractivity contribution < 1.29 is 19.4 Å². The highest BCUT2D eigenvalue weighted by Crippen LogP contribution is 1.99. The summed E-state index contributed by atoms with van der Waals surface area (Å²) in [6.07, 6.45) is 3.42. The second-order valence-corrected chi connectivity index (χ2v) is 2.17. The number of carboxylic acids is 1. The summed E-state index contributed by atoms with van der Waals surface area (Å²) in [7, 11) is 0. The maximum absolute atomic E-state index is 10.5. The van der Waals surface area contributed by atoms with Gasteiger partial charge in [0.15, 0.2) is 5.76 Å². The molecular weight excluding hydrogens is 172 g/mol. The van der Waals surface area contributed by atoms with E-state index < -0.39 is 5.97 Å². The first kappa shape index (κ1) is 11.6. The molecule has 13 heavy (non-hydrogen) atoms. The molecule has 1 N–H and O–H groups in total. The number of ether oxygens (including phenoxy) is 2. The average molecular weight is 186 g/mol. The quantitative estimate of drug-likeness (QED) is 0.372. The molecular formula is C9H14O4. The first-order valence-corrected chi connectivity index (χ1v) is 4.01. The summed E-state index contributed by atoms with van der Waals surface area (Å²) >= 11 is 0. The zero-order chi connectivity index (χ0) is 10.1. The van der Waals surface area contributed by atoms with Crippen molar-refractivity contribution in [2.45, 2.75) is 13.3 Å². The third-order valence-corrected chi connectivity index (χ3v) is 1.18. The van der Waals surface area contributed by atoms with Crippen LogP contribution in [-0.2, 0) is 14.3 Å². The molecule has 0 aliphatic rings. The van der Waals surface area contributed by atoms with Gasteiger partial charge in [0.1, 0.15) is 13.2 Å². The molecule has 0 bridgehead atoms. The van der Waals surface area contributed by atoms with E-state index in [9.17, 15) is 4.79 Å². The molecule has 0 aromatic rings. The van der Waals surface area contributed by atoms with E-state index in [1.807, 2.05) is 6.92 Å². The number of allylic oxidation sites excluding steroid dienone is 1. The van der Waals surface area contributed by atoms with E-state index in [4.69, 9.17) is 14.6 Å². The Labute approximate surface area is 77.5 Å². The van der Waals surface area contributed by atoms with Gasteiger partial charge in [0.2, 0.25) is 0 Å². The maximum Gasteiger partial charge on any atom is 0.370 e. The van der Waals surface area contributed by atoms with E-state index in [1.165, 1.54) is 12.3 Å². The summed E-state index contributed by atoms with van der Waals surface area (Å²) in [6.45, 7) is 5.70. The first-order chi connectivity index (χ1) is 6.22. The average Bonchev–Trinajstić information content (AvgIpc) is 2.10. The van der Waals surface area contributed by atoms with Gasteiger partial charge < -0.3 is 14.6 Å². The number of hydrogen-bond acceptors (Lipinski definition) is 3. The van der Waals surface area contributed by atoms with Crippen LogP contribution in [0.5, 0.6) is 0 Å². The van der Waals surface area contributed by atoms with Gasteiger partial charge in [0.05, 0.1) is 6.26 Å². The standard InChI is InChI=1S/C9H14O4/c1-3-5-8(9(10)11)13-7-6-12-4-2/h4-5H,2-3,6-7H2,1H3,(H,10,11)/b8-5+. The van der Waals surface area contributed by atoms with Gasteiger partial charge in [-0.2, -0.15) is 0 Å². The topological polar surface area (TPSA) is 55.8 Å². The molecule has 0 spiro atoms. The number of rotatable bonds is 7. The number of hydrogen-bond donors (Lipinski definition) is 1. The van der Waals surface area contributed by atoms with Gasteiger partial charge in [-0.25, -0.2) is 4.79 Å². The lowest BCUT2D eigenvalue weighted by Gasteiger charge is -2.05. The van der Waals surface area contributed by atoms with Gasteiger partial charge in [-0.15, -0.1) is 0 Å². The highest BCUT2D eigenvalue weighted by Gasteiger charge is 2.06. The van der Waals surface area contributed by atoms with Crippen LogP contribution in [0.1, 0.15) is 13.3 Å². The van der Waals surface area contributed by atoms with Crippen molar-refractivity contribution in [1.82, 2.24) is 0 Å². The molecule has 74 valence electrons. The molecule has 0 radical (unpaired) electrons. The SMILES string of the molecule is C=COCCO/C(=C/CC)C(=O)O. The van der Waals surface area contributed by atoms with Crippen LogP contribution in [0.2, 0.25) is 0 Å². The van der Waals surface area contributed by atoms with Gasteiger partial charge in [-0.05, 0) is 12.5 Å². The van der Waals surface area contributed by atoms with Crippen molar-refractivity contribution in [3.63, 3.8) is 0 Å². The molecule has 0 amide bonds. The number of carboxylic acid groups (broad SMARTS) is 1. The Balaban J connectivity index is 3.77. The van der Waals surface area contributed by atoms with E-state index >= 15 is 0 Å². The zero-order valence-electron chi connectivity index (χ0n) is 7.66. The molecule has 0 aliphatic heterocycles. The molecule has 0 fully saturated rings. The molecule has 0 aromatic carbocycles. The Morgan fingerprint density at radius 2 is 2.23 bits per heavy atom. The largest absolute Gasteiger partial charge is 0.498 e. The Kier molecular flexibility index (Phi) is 6.41. The summed E-state index contributed by atoms with van der Waals surface area (Å²) < 4.78 is 9.70. The monoisotopic (exact) mass is 186 g/mol. The first-order valence-electron chi connectivity index (χ1n) is 4.01. The highest BCUT2D eigenvalue weighted by molar-refractivity contribution is 5.84. The van der Waals surface area contributed by atoms with E-state index in [-0.39, 0.29) is 12.4 Å². The fraction of sp³-hybridized carbons (Fsp3) is 0.444. The van der Waals surface area contributed by atoms with Gasteiger partial charge in [-0.3, -0.25) is 0 Å². The van der Waals surface area contributed by atoms with Crippen molar-refractivity contribution in [3.8, 4) is 0 Å². The lowest BCUT2D eigenvalue weighted by molar-refractivity contribution is -0.136. The Morgan fingerprint density at radius 3 is 2.69 bits per heavy atom. The van der Waals surface area contributed by atoms with Crippen LogP contribution in [0.3, 0.4) is 0 Å². The predicted octanol–water partition coefficient (Wildman–Crippen LogP) is 1.54. The molecule has 0 saturated carbocycles. The normalized spacial score (nSPS) is 10.7. The Bertz CT molecular complexity index is 196. The van der Waals surface area contributed by atoms with Gasteiger partial charge >= 0.3 is 5.97 Å². The van der Waals surface area contributed by atoms with Crippen LogP contribution in [0, 0.1) is 0 Å². The van der Waals surface area contributed by atoms with Crippen LogP contribution in [-0.4, -0.2) is 24.3 Å². The third-order valence-electron chi connectivity index (χ3n) is 1.18. The van der Waals surface area contributed by atoms with Crippen LogP contribution in [0.15, 0.2) is 24.7 Å². The lowest BCUT2D eigenvalue weighted by Crippen LogP contribution is -2.08. The summed E-state index contributed by atoms with van der Waals surface area (Å²) in [6, 6.07) is 0. The molecule has 0 heterocycles. The predicted molar refractivity (Wildman–Crippen MR) is 48.1 cm³/mol. The number of aliphatic carboxylic acids is 1. The minimum Gasteiger partial charge on any atom is -0.498 e. The molecule has 0 aliphatic carbocycles. The lowest BCUT2D eigenvalue weighted by atomic mass is 10.4. The van der Waals surface area contributed by atoms with Crippen LogP contribution >= 0.6 is 0 Å². The molecule has 0 atom stereocenters. The maximum atomic E-state index is 10.5. The molecule has 4 heteroatoms. The molecule has 0 rings (SSSR count). The van der Waals surface area contributed by atoms with E-state index in [1.54, 1.807) is 0 Å². The summed E-state index contributed by atoms with van der Waals surface area (Å²) in [5, 5.41) is 8.61. The van der Waals surface area contributed by atoms with E-state index in [0.29, 0.717) is 13.0 Å². The van der Waals surface area contributed by atoms with Crippen molar-refractivity contribution >= 4 is 5.97 Å². The van der Waals surface area contributed by atoms with E-state index in [0.717, 1.165) is 0 Å². The summed E-state index contributed by atoms with van der Waals surface area (Å²) in [5.74, 6) is -1.09. The summed E-state index contributed by atoms with van der Waals surface area (Å²) in [4.78, 5) is 10.5. The number of carbonyl (C=O) groups is 1. The van der Waals surface area contributed by atoms with Gasteiger partial charge in [-0.1, -0.05) is 13.5 Å². The molecule has 0 saturated heterocycles. The fourth-order valence-electron chi connectivity index (χ4n) is 0.676. The molecule has 0 aromatic heterocycles. The van der Waals surface area contributed by atoms with Crippen LogP contribution < -0.4 is 0 Å². The van der Waals surface area contributed by atoms with E-state index in [2.05, 4.69) is 6.58 Å². The summed E-state index contributed by atoms with van der Waals surface area (Å²) in [5.41, 5.74) is 0. The van der Waals surface area contributed by atoms with Crippen molar-refractivity contribution in [1.29, 1.82) is 0 Å². The van der Waals surface area contributed by atoms with Crippen molar-refractivity contribution in [2.75, 3.05) is 13.2 Å². The second-order valence-electron chi connectivity index (χ2n) is 2.17. The Morgan fingerprint density at radius 1 is 1.54 bits per heavy atom. The minimum atomic E-state index is -1.06. The smallest absolute Gasteiger partial charge is 0.370 e.